The molecule has 0 saturated heterocycles. The summed E-state index contributed by atoms with van der Waals surface area (Å²) < 4.78 is 0. The van der Waals surface area contributed by atoms with Crippen LogP contribution in [0.2, 0.25) is 0 Å². The first-order valence-electron chi connectivity index (χ1n) is 6.67. The Balaban J connectivity index is 2.74. The Morgan fingerprint density at radius 3 is 2.44 bits per heavy atom. The van der Waals surface area contributed by atoms with E-state index < -0.39 is 0 Å². The number of hydrogen-bond donors (Lipinski definition) is 2. The highest BCUT2D eigenvalue weighted by atomic mass is 14.7. The lowest BCUT2D eigenvalue weighted by atomic mass is 9.79. The zero-order chi connectivity index (χ0) is 13.5. The van der Waals surface area contributed by atoms with E-state index in [1.54, 1.807) is 0 Å². The van der Waals surface area contributed by atoms with E-state index in [4.69, 9.17) is 5.73 Å². The molecule has 0 aliphatic carbocycles. The number of benzene rings is 1. The molecule has 2 heteroatoms. The molecule has 0 atom stereocenters. The zero-order valence-corrected chi connectivity index (χ0v) is 12.1. The number of fused-ring (bicyclic) bond motifs is 1. The lowest BCUT2D eigenvalue weighted by Crippen LogP contribution is -2.22. The summed E-state index contributed by atoms with van der Waals surface area (Å²) in [5, 5.41) is 1.36. The van der Waals surface area contributed by atoms with Crippen LogP contribution in [0.4, 0.5) is 0 Å². The summed E-state index contributed by atoms with van der Waals surface area (Å²) in [4.78, 5) is 3.55. The van der Waals surface area contributed by atoms with Crippen LogP contribution in [0.3, 0.4) is 0 Å². The van der Waals surface area contributed by atoms with Crippen LogP contribution in [0.1, 0.15) is 42.7 Å². The van der Waals surface area contributed by atoms with Crippen LogP contribution in [-0.4, -0.2) is 11.5 Å². The van der Waals surface area contributed by atoms with Crippen molar-refractivity contribution in [3.05, 3.63) is 34.5 Å². The van der Waals surface area contributed by atoms with E-state index in [9.17, 15) is 0 Å². The normalized spacial score (nSPS) is 12.3. The van der Waals surface area contributed by atoms with Gasteiger partial charge in [-0.05, 0) is 56.3 Å². The minimum atomic E-state index is 0.122. The summed E-state index contributed by atoms with van der Waals surface area (Å²) in [7, 11) is 0. The van der Waals surface area contributed by atoms with Gasteiger partial charge in [-0.15, -0.1) is 0 Å². The Kier molecular flexibility index (Phi) is 3.24. The van der Waals surface area contributed by atoms with Crippen LogP contribution >= 0.6 is 0 Å². The molecule has 2 rings (SSSR count). The molecule has 1 heterocycles. The molecule has 18 heavy (non-hydrogen) atoms. The first-order valence-corrected chi connectivity index (χ1v) is 6.67. The van der Waals surface area contributed by atoms with E-state index in [2.05, 4.69) is 51.7 Å². The second-order valence-electron chi connectivity index (χ2n) is 6.05. The summed E-state index contributed by atoms with van der Waals surface area (Å²) >= 11 is 0. The van der Waals surface area contributed by atoms with Crippen molar-refractivity contribution < 1.29 is 0 Å². The number of nitrogens with two attached hydrogens (primary N) is 1. The Morgan fingerprint density at radius 1 is 1.17 bits per heavy atom. The van der Waals surface area contributed by atoms with Gasteiger partial charge in [0.1, 0.15) is 0 Å². The van der Waals surface area contributed by atoms with Crippen LogP contribution in [-0.2, 0) is 5.41 Å². The standard InChI is InChI=1S/C16H24N2/c1-10-8-11(2)15-13(9-10)14(12(3)18-15)16(4,5)6-7-17/h8-9,18H,6-7,17H2,1-5H3. The Morgan fingerprint density at radius 2 is 1.83 bits per heavy atom. The molecule has 3 N–H and O–H groups in total. The van der Waals surface area contributed by atoms with E-state index in [-0.39, 0.29) is 5.41 Å². The van der Waals surface area contributed by atoms with Crippen molar-refractivity contribution in [2.75, 3.05) is 6.54 Å². The highest BCUT2D eigenvalue weighted by Crippen LogP contribution is 2.36. The summed E-state index contributed by atoms with van der Waals surface area (Å²) in [6.07, 6.45) is 1.01. The molecule has 0 spiro atoms. The van der Waals surface area contributed by atoms with Crippen molar-refractivity contribution >= 4 is 10.9 Å². The van der Waals surface area contributed by atoms with Gasteiger partial charge in [0, 0.05) is 16.6 Å². The van der Waals surface area contributed by atoms with Crippen LogP contribution in [0.25, 0.3) is 10.9 Å². The predicted octanol–water partition coefficient (Wildman–Crippen LogP) is 3.72. The molecule has 0 amide bonds. The Hall–Kier alpha value is -1.28. The third kappa shape index (κ3) is 2.05. The van der Waals surface area contributed by atoms with Crippen LogP contribution < -0.4 is 5.73 Å². The summed E-state index contributed by atoms with van der Waals surface area (Å²) in [5.74, 6) is 0. The zero-order valence-electron chi connectivity index (χ0n) is 12.1. The number of nitrogens with one attached hydrogen (secondary N) is 1. The molecule has 0 fully saturated rings. The molecule has 98 valence electrons. The first kappa shape index (κ1) is 13.2. The summed E-state index contributed by atoms with van der Waals surface area (Å²) in [6, 6.07) is 4.53. The molecule has 2 nitrogen and oxygen atoms in total. The van der Waals surface area contributed by atoms with Gasteiger partial charge in [0.25, 0.3) is 0 Å². The summed E-state index contributed by atoms with van der Waals surface area (Å²) in [5.41, 5.74) is 12.5. The molecule has 1 aromatic heterocycles. The molecule has 2 aromatic rings. The van der Waals surface area contributed by atoms with Gasteiger partial charge in [-0.1, -0.05) is 25.5 Å². The molecular formula is C16H24N2. The van der Waals surface area contributed by atoms with E-state index in [1.165, 1.54) is 33.3 Å². The van der Waals surface area contributed by atoms with Crippen LogP contribution in [0.15, 0.2) is 12.1 Å². The highest BCUT2D eigenvalue weighted by Gasteiger charge is 2.26. The van der Waals surface area contributed by atoms with Crippen molar-refractivity contribution in [3.63, 3.8) is 0 Å². The molecular weight excluding hydrogens is 220 g/mol. The van der Waals surface area contributed by atoms with Gasteiger partial charge in [0.15, 0.2) is 0 Å². The number of H-pyrrole nitrogens is 1. The van der Waals surface area contributed by atoms with Crippen molar-refractivity contribution in [1.29, 1.82) is 0 Å². The SMILES string of the molecule is Cc1cc(C)c2[nH]c(C)c(C(C)(C)CCN)c2c1. The van der Waals surface area contributed by atoms with E-state index in [0.29, 0.717) is 0 Å². The van der Waals surface area contributed by atoms with E-state index in [1.807, 2.05) is 0 Å². The smallest absolute Gasteiger partial charge is 0.0488 e. The summed E-state index contributed by atoms with van der Waals surface area (Å²) in [6.45, 7) is 11.8. The molecule has 0 aliphatic rings. The second-order valence-corrected chi connectivity index (χ2v) is 6.05. The Labute approximate surface area is 110 Å². The van der Waals surface area contributed by atoms with Gasteiger partial charge in [0.05, 0.1) is 0 Å². The number of aromatic nitrogens is 1. The molecule has 0 radical (unpaired) electrons. The fourth-order valence-corrected chi connectivity index (χ4v) is 3.14. The van der Waals surface area contributed by atoms with Gasteiger partial charge in [-0.2, -0.15) is 0 Å². The van der Waals surface area contributed by atoms with Gasteiger partial charge in [0.2, 0.25) is 0 Å². The fraction of sp³-hybridized carbons (Fsp3) is 0.500. The van der Waals surface area contributed by atoms with Crippen molar-refractivity contribution in [2.24, 2.45) is 5.73 Å². The van der Waals surface area contributed by atoms with Crippen molar-refractivity contribution in [2.45, 2.75) is 46.5 Å². The lowest BCUT2D eigenvalue weighted by molar-refractivity contribution is 0.489. The molecule has 0 unspecified atom stereocenters. The number of aryl methyl sites for hydroxylation is 3. The van der Waals surface area contributed by atoms with Crippen molar-refractivity contribution in [3.8, 4) is 0 Å². The monoisotopic (exact) mass is 244 g/mol. The number of hydrogen-bond acceptors (Lipinski definition) is 1. The van der Waals surface area contributed by atoms with Crippen molar-refractivity contribution in [1.82, 2.24) is 4.98 Å². The minimum Gasteiger partial charge on any atom is -0.358 e. The van der Waals surface area contributed by atoms with E-state index >= 15 is 0 Å². The molecule has 0 bridgehead atoms. The third-order valence-electron chi connectivity index (χ3n) is 3.88. The van der Waals surface area contributed by atoms with Gasteiger partial charge in [-0.3, -0.25) is 0 Å². The van der Waals surface area contributed by atoms with Crippen LogP contribution in [0.5, 0.6) is 0 Å². The minimum absolute atomic E-state index is 0.122. The maximum atomic E-state index is 5.76. The van der Waals surface area contributed by atoms with Crippen LogP contribution in [0, 0.1) is 20.8 Å². The lowest BCUT2D eigenvalue weighted by Gasteiger charge is -2.25. The first-order chi connectivity index (χ1) is 8.36. The number of aromatic amines is 1. The quantitative estimate of drug-likeness (QED) is 0.849. The van der Waals surface area contributed by atoms with Gasteiger partial charge < -0.3 is 10.7 Å². The van der Waals surface area contributed by atoms with Gasteiger partial charge >= 0.3 is 0 Å². The number of rotatable bonds is 3. The van der Waals surface area contributed by atoms with E-state index in [0.717, 1.165) is 13.0 Å². The largest absolute Gasteiger partial charge is 0.358 e. The second kappa shape index (κ2) is 4.43. The highest BCUT2D eigenvalue weighted by molar-refractivity contribution is 5.89. The average molecular weight is 244 g/mol. The average Bonchev–Trinajstić information content (AvgIpc) is 2.55. The topological polar surface area (TPSA) is 41.8 Å². The Bertz CT molecular complexity index is 576. The third-order valence-corrected chi connectivity index (χ3v) is 3.88. The molecule has 0 saturated carbocycles. The van der Waals surface area contributed by atoms with Gasteiger partial charge in [-0.25, -0.2) is 0 Å². The maximum Gasteiger partial charge on any atom is 0.0488 e. The molecule has 1 aromatic carbocycles. The predicted molar refractivity (Wildman–Crippen MR) is 79.2 cm³/mol. The maximum absolute atomic E-state index is 5.76. The molecule has 0 aliphatic heterocycles. The fourth-order valence-electron chi connectivity index (χ4n) is 3.14.